The minimum absolute atomic E-state index is 0.122. The molecule has 0 saturated carbocycles. The highest BCUT2D eigenvalue weighted by Gasteiger charge is 2.07. The number of nitrogens with zero attached hydrogens (tertiary/aromatic N) is 1. The summed E-state index contributed by atoms with van der Waals surface area (Å²) in [5.41, 5.74) is 0.505. The molecule has 2 aromatic heterocycles. The Morgan fingerprint density at radius 1 is 1.43 bits per heavy atom. The molecule has 0 radical (unpaired) electrons. The summed E-state index contributed by atoms with van der Waals surface area (Å²) in [6, 6.07) is 4.34. The molecule has 108 valence electrons. The molecular weight excluding hydrogens is 294 g/mol. The molecule has 2 aromatic rings. The Hall–Kier alpha value is -2.74. The minimum atomic E-state index is -1.01. The molecule has 0 aromatic carbocycles. The first-order valence-electron chi connectivity index (χ1n) is 5.87. The third-order valence-electron chi connectivity index (χ3n) is 2.43. The molecule has 0 bridgehead atoms. The number of H-pyrrole nitrogens is 1. The van der Waals surface area contributed by atoms with Crippen LogP contribution in [0.3, 0.4) is 0 Å². The lowest BCUT2D eigenvalue weighted by Gasteiger charge is -2.01. The van der Waals surface area contributed by atoms with Gasteiger partial charge in [0.1, 0.15) is 5.69 Å². The Morgan fingerprint density at radius 2 is 2.24 bits per heavy atom. The maximum atomic E-state index is 11.8. The van der Waals surface area contributed by atoms with Crippen LogP contribution in [0.2, 0.25) is 0 Å². The van der Waals surface area contributed by atoms with E-state index in [1.54, 1.807) is 11.4 Å². The molecule has 0 atom stereocenters. The van der Waals surface area contributed by atoms with Crippen molar-refractivity contribution in [2.24, 2.45) is 0 Å². The van der Waals surface area contributed by atoms with Crippen LogP contribution in [-0.4, -0.2) is 27.2 Å². The highest BCUT2D eigenvalue weighted by Crippen LogP contribution is 2.15. The van der Waals surface area contributed by atoms with Crippen molar-refractivity contribution >= 4 is 29.3 Å². The number of aromatic nitrogens is 2. The first-order chi connectivity index (χ1) is 10.0. The second kappa shape index (κ2) is 6.62. The fourth-order valence-electron chi connectivity index (χ4n) is 1.47. The molecule has 0 aliphatic heterocycles. The van der Waals surface area contributed by atoms with Crippen LogP contribution in [0.1, 0.15) is 20.9 Å². The smallest absolute Gasteiger partial charge is 0.328 e. The minimum Gasteiger partial charge on any atom is -0.478 e. The van der Waals surface area contributed by atoms with E-state index in [4.69, 9.17) is 5.11 Å². The molecule has 0 spiro atoms. The number of carbonyl (C=O) groups is 2. The average molecular weight is 305 g/mol. The summed E-state index contributed by atoms with van der Waals surface area (Å²) >= 11 is 1.40. The van der Waals surface area contributed by atoms with Gasteiger partial charge in [-0.15, -0.1) is 11.3 Å². The zero-order valence-electron chi connectivity index (χ0n) is 10.7. The predicted octanol–water partition coefficient (Wildman–Crippen LogP) is 0.859. The quantitative estimate of drug-likeness (QED) is 0.709. The largest absolute Gasteiger partial charge is 0.478 e. The fraction of sp³-hybridized carbons (Fsp3) is 0.0769. The van der Waals surface area contributed by atoms with Crippen LogP contribution in [0.4, 0.5) is 0 Å². The standard InChI is InChI=1S/C13H11N3O4S/c17-11-3-2-10(15-16-11)13(20)14-6-9-5-8(7-21-9)1-4-12(18)19/h1-5,7H,6H2,(H,14,20)(H,16,17)(H,18,19)/b4-1+. The number of amides is 1. The van der Waals surface area contributed by atoms with E-state index in [-0.39, 0.29) is 11.3 Å². The van der Waals surface area contributed by atoms with Crippen molar-refractivity contribution in [3.8, 4) is 0 Å². The molecule has 7 nitrogen and oxygen atoms in total. The van der Waals surface area contributed by atoms with Gasteiger partial charge in [-0.05, 0) is 29.2 Å². The lowest BCUT2D eigenvalue weighted by Crippen LogP contribution is -2.24. The van der Waals surface area contributed by atoms with Crippen LogP contribution >= 0.6 is 11.3 Å². The first-order valence-corrected chi connectivity index (χ1v) is 6.75. The lowest BCUT2D eigenvalue weighted by atomic mass is 10.3. The normalized spacial score (nSPS) is 10.7. The van der Waals surface area contributed by atoms with Crippen molar-refractivity contribution in [3.63, 3.8) is 0 Å². The number of aliphatic carboxylic acids is 1. The number of carboxylic acids is 1. The van der Waals surface area contributed by atoms with E-state index in [0.29, 0.717) is 6.54 Å². The summed E-state index contributed by atoms with van der Waals surface area (Å²) < 4.78 is 0. The topological polar surface area (TPSA) is 112 Å². The predicted molar refractivity (Wildman–Crippen MR) is 77.0 cm³/mol. The molecule has 21 heavy (non-hydrogen) atoms. The summed E-state index contributed by atoms with van der Waals surface area (Å²) in [6.45, 7) is 0.297. The van der Waals surface area contributed by atoms with Gasteiger partial charge >= 0.3 is 5.97 Å². The van der Waals surface area contributed by atoms with Gasteiger partial charge in [-0.1, -0.05) is 0 Å². The molecule has 0 saturated heterocycles. The second-order valence-electron chi connectivity index (χ2n) is 4.01. The van der Waals surface area contributed by atoms with Crippen molar-refractivity contribution in [3.05, 3.63) is 56.1 Å². The molecule has 2 rings (SSSR count). The van der Waals surface area contributed by atoms with Crippen molar-refractivity contribution in [2.45, 2.75) is 6.54 Å². The number of hydrogen-bond donors (Lipinski definition) is 3. The summed E-state index contributed by atoms with van der Waals surface area (Å²) in [4.78, 5) is 33.9. The van der Waals surface area contributed by atoms with Gasteiger partial charge in [-0.25, -0.2) is 9.89 Å². The Balaban J connectivity index is 1.94. The average Bonchev–Trinajstić information content (AvgIpc) is 2.91. The Kier molecular flexibility index (Phi) is 4.62. The summed E-state index contributed by atoms with van der Waals surface area (Å²) in [5, 5.41) is 18.8. The van der Waals surface area contributed by atoms with Crippen molar-refractivity contribution in [1.82, 2.24) is 15.5 Å². The molecule has 8 heteroatoms. The maximum absolute atomic E-state index is 11.8. The van der Waals surface area contributed by atoms with E-state index >= 15 is 0 Å². The number of carboxylic acid groups (broad SMARTS) is 1. The van der Waals surface area contributed by atoms with E-state index in [1.807, 2.05) is 0 Å². The van der Waals surface area contributed by atoms with Crippen LogP contribution in [0, 0.1) is 0 Å². The zero-order chi connectivity index (χ0) is 15.2. The third kappa shape index (κ3) is 4.39. The number of nitrogens with one attached hydrogen (secondary N) is 2. The van der Waals surface area contributed by atoms with Gasteiger partial charge in [0.25, 0.3) is 11.5 Å². The van der Waals surface area contributed by atoms with E-state index < -0.39 is 11.9 Å². The Bertz CT molecular complexity index is 727. The number of aromatic amines is 1. The van der Waals surface area contributed by atoms with Gasteiger partial charge in [0.2, 0.25) is 0 Å². The summed E-state index contributed by atoms with van der Waals surface area (Å²) in [6.07, 6.45) is 2.53. The summed E-state index contributed by atoms with van der Waals surface area (Å²) in [7, 11) is 0. The lowest BCUT2D eigenvalue weighted by molar-refractivity contribution is -0.131. The number of hydrogen-bond acceptors (Lipinski definition) is 5. The van der Waals surface area contributed by atoms with Gasteiger partial charge in [-0.3, -0.25) is 9.59 Å². The molecule has 0 unspecified atom stereocenters. The van der Waals surface area contributed by atoms with Gasteiger partial charge in [0.15, 0.2) is 0 Å². The Morgan fingerprint density at radius 3 is 2.90 bits per heavy atom. The molecule has 1 amide bonds. The summed E-state index contributed by atoms with van der Waals surface area (Å²) in [5.74, 6) is -1.41. The molecule has 0 fully saturated rings. The van der Waals surface area contributed by atoms with Crippen LogP contribution in [-0.2, 0) is 11.3 Å². The van der Waals surface area contributed by atoms with Gasteiger partial charge < -0.3 is 10.4 Å². The molecule has 0 aliphatic rings. The van der Waals surface area contributed by atoms with Gasteiger partial charge in [0.05, 0.1) is 6.54 Å². The van der Waals surface area contributed by atoms with Crippen molar-refractivity contribution in [1.29, 1.82) is 0 Å². The van der Waals surface area contributed by atoms with E-state index in [9.17, 15) is 14.4 Å². The highest BCUT2D eigenvalue weighted by molar-refractivity contribution is 7.10. The SMILES string of the molecule is O=C(O)/C=C/c1csc(CNC(=O)c2ccc(=O)[nH]n2)c1. The highest BCUT2D eigenvalue weighted by atomic mass is 32.1. The van der Waals surface area contributed by atoms with E-state index in [0.717, 1.165) is 16.5 Å². The zero-order valence-corrected chi connectivity index (χ0v) is 11.5. The van der Waals surface area contributed by atoms with E-state index in [1.165, 1.54) is 29.5 Å². The van der Waals surface area contributed by atoms with E-state index in [2.05, 4.69) is 15.5 Å². The maximum Gasteiger partial charge on any atom is 0.328 e. The number of thiophene rings is 1. The molecular formula is C13H11N3O4S. The third-order valence-corrected chi connectivity index (χ3v) is 3.38. The number of rotatable bonds is 5. The molecule has 2 heterocycles. The van der Waals surface area contributed by atoms with Gasteiger partial charge in [0, 0.05) is 17.0 Å². The number of carbonyl (C=O) groups excluding carboxylic acids is 1. The van der Waals surface area contributed by atoms with Crippen LogP contribution in [0.5, 0.6) is 0 Å². The van der Waals surface area contributed by atoms with Crippen molar-refractivity contribution in [2.75, 3.05) is 0 Å². The monoisotopic (exact) mass is 305 g/mol. The van der Waals surface area contributed by atoms with Crippen molar-refractivity contribution < 1.29 is 14.7 Å². The van der Waals surface area contributed by atoms with Gasteiger partial charge in [-0.2, -0.15) is 5.10 Å². The van der Waals surface area contributed by atoms with Crippen LogP contribution < -0.4 is 10.9 Å². The second-order valence-corrected chi connectivity index (χ2v) is 5.00. The fourth-order valence-corrected chi connectivity index (χ4v) is 2.27. The van der Waals surface area contributed by atoms with Crippen LogP contribution in [0.25, 0.3) is 6.08 Å². The van der Waals surface area contributed by atoms with Crippen LogP contribution in [0.15, 0.2) is 34.4 Å². The first kappa shape index (κ1) is 14.7. The Labute approximate surface area is 123 Å². The molecule has 3 N–H and O–H groups in total. The molecule has 0 aliphatic carbocycles.